The molecule has 0 unspecified atom stereocenters. The maximum absolute atomic E-state index is 13.9. The van der Waals surface area contributed by atoms with Crippen molar-refractivity contribution < 1.29 is 33.4 Å². The summed E-state index contributed by atoms with van der Waals surface area (Å²) in [6, 6.07) is 13.8. The molecule has 11 nitrogen and oxygen atoms in total. The van der Waals surface area contributed by atoms with Crippen LogP contribution in [0.15, 0.2) is 60.0 Å². The van der Waals surface area contributed by atoms with Crippen molar-refractivity contribution in [2.75, 3.05) is 44.1 Å². The third kappa shape index (κ3) is 7.65. The number of anilines is 2. The highest BCUT2D eigenvalue weighted by atomic mass is 32.1. The van der Waals surface area contributed by atoms with Gasteiger partial charge in [0.25, 0.3) is 5.91 Å². The first-order chi connectivity index (χ1) is 20.3. The van der Waals surface area contributed by atoms with Gasteiger partial charge in [-0.15, -0.1) is 11.3 Å². The molecule has 3 N–H and O–H groups in total. The number of carbonyl (C=O) groups is 4. The minimum atomic E-state index is -1.15. The molecule has 2 heterocycles. The van der Waals surface area contributed by atoms with E-state index in [9.17, 15) is 19.2 Å². The molecule has 0 spiro atoms. The minimum absolute atomic E-state index is 0.119. The van der Waals surface area contributed by atoms with Gasteiger partial charge < -0.3 is 30.2 Å². The molecule has 1 aliphatic heterocycles. The predicted octanol–water partition coefficient (Wildman–Crippen LogP) is 3.52. The Kier molecular flexibility index (Phi) is 10.5. The Hall–Kier alpha value is -4.42. The zero-order valence-electron chi connectivity index (χ0n) is 23.7. The van der Waals surface area contributed by atoms with Crippen LogP contribution in [-0.4, -0.2) is 63.6 Å². The molecule has 42 heavy (non-hydrogen) atoms. The van der Waals surface area contributed by atoms with E-state index in [1.807, 2.05) is 0 Å². The number of amides is 4. The van der Waals surface area contributed by atoms with Gasteiger partial charge in [-0.05, 0) is 66.2 Å². The largest absolute Gasteiger partial charge is 0.493 e. The number of hydrogen-bond acceptors (Lipinski definition) is 8. The van der Waals surface area contributed by atoms with Crippen molar-refractivity contribution in [1.82, 2.24) is 10.6 Å². The smallest absolute Gasteiger partial charge is 0.261 e. The monoisotopic (exact) mass is 594 g/mol. The zero-order valence-corrected chi connectivity index (χ0v) is 24.5. The van der Waals surface area contributed by atoms with Crippen LogP contribution in [0.3, 0.4) is 0 Å². The maximum atomic E-state index is 13.9. The van der Waals surface area contributed by atoms with Gasteiger partial charge in [-0.2, -0.15) is 0 Å². The number of thiophene rings is 1. The van der Waals surface area contributed by atoms with Crippen LogP contribution in [-0.2, 0) is 19.1 Å². The van der Waals surface area contributed by atoms with Gasteiger partial charge >= 0.3 is 0 Å². The van der Waals surface area contributed by atoms with E-state index in [-0.39, 0.29) is 25.1 Å². The molecule has 2 aromatic carbocycles. The second-order valence-electron chi connectivity index (χ2n) is 9.55. The highest BCUT2D eigenvalue weighted by Crippen LogP contribution is 2.35. The number of methoxy groups -OCH3 is 2. The lowest BCUT2D eigenvalue weighted by Crippen LogP contribution is -2.48. The number of rotatable bonds is 12. The van der Waals surface area contributed by atoms with Gasteiger partial charge in [0.05, 0.1) is 31.7 Å². The third-order valence-electron chi connectivity index (χ3n) is 6.64. The van der Waals surface area contributed by atoms with E-state index in [1.165, 1.54) is 37.4 Å². The summed E-state index contributed by atoms with van der Waals surface area (Å²) >= 11 is 1.25. The van der Waals surface area contributed by atoms with Crippen molar-refractivity contribution in [2.24, 2.45) is 0 Å². The van der Waals surface area contributed by atoms with Crippen LogP contribution in [0.25, 0.3) is 0 Å². The molecule has 4 rings (SSSR count). The number of nitrogens with one attached hydrogen (secondary N) is 3. The van der Waals surface area contributed by atoms with Crippen LogP contribution < -0.4 is 30.3 Å². The number of ether oxygens (including phenoxy) is 3. The SMILES string of the molecule is COc1ccc([C@@H](C(=O)NC[C@H]2CCCO2)N(C(=O)CNC(=O)c2cccs2)c2ccc(NC(C)=O)cc2)cc1OC. The van der Waals surface area contributed by atoms with Gasteiger partial charge in [0.15, 0.2) is 11.5 Å². The van der Waals surface area contributed by atoms with E-state index in [4.69, 9.17) is 14.2 Å². The van der Waals surface area contributed by atoms with Crippen LogP contribution in [0.1, 0.15) is 41.0 Å². The second-order valence-corrected chi connectivity index (χ2v) is 10.5. The molecular formula is C30H34N4O7S. The Balaban J connectivity index is 1.73. The van der Waals surface area contributed by atoms with Crippen LogP contribution in [0.2, 0.25) is 0 Å². The van der Waals surface area contributed by atoms with E-state index < -0.39 is 23.8 Å². The van der Waals surface area contributed by atoms with Crippen molar-refractivity contribution in [3.8, 4) is 11.5 Å². The number of benzene rings is 2. The van der Waals surface area contributed by atoms with Crippen molar-refractivity contribution in [2.45, 2.75) is 31.9 Å². The molecule has 0 saturated carbocycles. The minimum Gasteiger partial charge on any atom is -0.493 e. The molecule has 1 saturated heterocycles. The summed E-state index contributed by atoms with van der Waals surface area (Å²) < 4.78 is 16.6. The summed E-state index contributed by atoms with van der Waals surface area (Å²) in [5.74, 6) is -0.777. The number of hydrogen-bond donors (Lipinski definition) is 3. The lowest BCUT2D eigenvalue weighted by molar-refractivity contribution is -0.126. The molecule has 4 amide bonds. The van der Waals surface area contributed by atoms with Gasteiger partial charge in [-0.3, -0.25) is 24.1 Å². The topological polar surface area (TPSA) is 135 Å². The summed E-state index contributed by atoms with van der Waals surface area (Å²) in [5.41, 5.74) is 1.36. The van der Waals surface area contributed by atoms with Crippen molar-refractivity contribution in [3.63, 3.8) is 0 Å². The van der Waals surface area contributed by atoms with Crippen LogP contribution in [0.5, 0.6) is 11.5 Å². The van der Waals surface area contributed by atoms with Gasteiger partial charge in [-0.1, -0.05) is 12.1 Å². The van der Waals surface area contributed by atoms with Crippen molar-refractivity contribution >= 4 is 46.3 Å². The molecule has 1 aliphatic rings. The fourth-order valence-corrected chi connectivity index (χ4v) is 5.28. The van der Waals surface area contributed by atoms with E-state index in [1.54, 1.807) is 60.0 Å². The predicted molar refractivity (Wildman–Crippen MR) is 159 cm³/mol. The van der Waals surface area contributed by atoms with Crippen molar-refractivity contribution in [1.29, 1.82) is 0 Å². The van der Waals surface area contributed by atoms with Gasteiger partial charge in [0, 0.05) is 31.5 Å². The van der Waals surface area contributed by atoms with E-state index in [2.05, 4.69) is 16.0 Å². The van der Waals surface area contributed by atoms with Crippen LogP contribution >= 0.6 is 11.3 Å². The summed E-state index contributed by atoms with van der Waals surface area (Å²) in [6.45, 7) is 1.94. The zero-order chi connectivity index (χ0) is 30.1. The van der Waals surface area contributed by atoms with Crippen LogP contribution in [0, 0.1) is 0 Å². The molecule has 1 fully saturated rings. The number of nitrogens with zero attached hydrogens (tertiary/aromatic N) is 1. The lowest BCUT2D eigenvalue weighted by Gasteiger charge is -2.32. The first kappa shape index (κ1) is 30.5. The average Bonchev–Trinajstić information content (AvgIpc) is 3.72. The molecule has 222 valence electrons. The normalized spacial score (nSPS) is 14.9. The van der Waals surface area contributed by atoms with Crippen molar-refractivity contribution in [3.05, 3.63) is 70.4 Å². The Morgan fingerprint density at radius 2 is 1.79 bits per heavy atom. The summed E-state index contributed by atoms with van der Waals surface area (Å²) in [5, 5.41) is 10.1. The molecular weight excluding hydrogens is 560 g/mol. The maximum Gasteiger partial charge on any atom is 0.261 e. The molecule has 0 aliphatic carbocycles. The standard InChI is InChI=1S/C30H34N4O7S/c1-19(35)33-21-9-11-22(12-10-21)34(27(36)18-32-29(37)26-7-5-15-42-26)28(30(38)31-17-23-6-4-14-41-23)20-8-13-24(39-2)25(16-20)40-3/h5,7-13,15-16,23,28H,4,6,14,17-18H2,1-3H3,(H,31,38)(H,32,37)(H,33,35)/t23-,28+/m1/s1. The molecule has 2 atom stereocenters. The first-order valence-corrected chi connectivity index (χ1v) is 14.3. The fraction of sp³-hybridized carbons (Fsp3) is 0.333. The second kappa shape index (κ2) is 14.5. The molecule has 3 aromatic rings. The molecule has 0 radical (unpaired) electrons. The third-order valence-corrected chi connectivity index (χ3v) is 7.51. The lowest BCUT2D eigenvalue weighted by atomic mass is 10.0. The Bertz CT molecular complexity index is 1390. The molecule has 12 heteroatoms. The summed E-state index contributed by atoms with van der Waals surface area (Å²) in [4.78, 5) is 53.9. The highest BCUT2D eigenvalue weighted by Gasteiger charge is 2.34. The van der Waals surface area contributed by atoms with Crippen LogP contribution in [0.4, 0.5) is 11.4 Å². The summed E-state index contributed by atoms with van der Waals surface area (Å²) in [7, 11) is 2.99. The fourth-order valence-electron chi connectivity index (χ4n) is 4.64. The Labute approximate surface area is 248 Å². The van der Waals surface area contributed by atoms with E-state index in [0.717, 1.165) is 12.8 Å². The van der Waals surface area contributed by atoms with E-state index in [0.29, 0.717) is 39.9 Å². The quantitative estimate of drug-likeness (QED) is 0.292. The Morgan fingerprint density at radius 1 is 1.02 bits per heavy atom. The van der Waals surface area contributed by atoms with Gasteiger partial charge in [0.2, 0.25) is 17.7 Å². The Morgan fingerprint density at radius 3 is 2.40 bits per heavy atom. The average molecular weight is 595 g/mol. The van der Waals surface area contributed by atoms with E-state index >= 15 is 0 Å². The number of carbonyl (C=O) groups excluding carboxylic acids is 4. The first-order valence-electron chi connectivity index (χ1n) is 13.4. The highest BCUT2D eigenvalue weighted by molar-refractivity contribution is 7.12. The van der Waals surface area contributed by atoms with Gasteiger partial charge in [0.1, 0.15) is 6.04 Å². The molecule has 1 aromatic heterocycles. The summed E-state index contributed by atoms with van der Waals surface area (Å²) in [6.07, 6.45) is 1.61. The van der Waals surface area contributed by atoms with Gasteiger partial charge in [-0.25, -0.2) is 0 Å². The molecule has 0 bridgehead atoms.